The number of aliphatic carboxylic acids is 1. The van der Waals surface area contributed by atoms with Crippen LogP contribution < -0.4 is 10.9 Å². The third kappa shape index (κ3) is 5.68. The Hall–Kier alpha value is -2.70. The van der Waals surface area contributed by atoms with Crippen LogP contribution in [0.25, 0.3) is 10.9 Å². The van der Waals surface area contributed by atoms with E-state index in [9.17, 15) is 14.4 Å². The summed E-state index contributed by atoms with van der Waals surface area (Å²) in [5.74, 6) is -0.876. The SMILES string of the molecule is Cc1cccc2c(=O)n(CCC(=O)NCCCCCCC(=O)O)cnc12. The molecular weight excluding hydrogens is 334 g/mol. The molecule has 0 saturated carbocycles. The summed E-state index contributed by atoms with van der Waals surface area (Å²) in [5, 5.41) is 11.9. The molecule has 0 aliphatic rings. The number of carboxylic acids is 1. The zero-order chi connectivity index (χ0) is 18.9. The predicted octanol–water partition coefficient (Wildman–Crippen LogP) is 2.25. The number of nitrogens with zero attached hydrogens (tertiary/aromatic N) is 2. The summed E-state index contributed by atoms with van der Waals surface area (Å²) >= 11 is 0. The smallest absolute Gasteiger partial charge is 0.303 e. The molecule has 0 unspecified atom stereocenters. The molecule has 1 aromatic heterocycles. The summed E-state index contributed by atoms with van der Waals surface area (Å²) in [6, 6.07) is 5.49. The average Bonchev–Trinajstić information content (AvgIpc) is 2.60. The quantitative estimate of drug-likeness (QED) is 0.634. The maximum absolute atomic E-state index is 12.5. The van der Waals surface area contributed by atoms with Gasteiger partial charge in [0.05, 0.1) is 17.2 Å². The lowest BCUT2D eigenvalue weighted by Gasteiger charge is -2.08. The molecule has 26 heavy (non-hydrogen) atoms. The molecule has 0 aliphatic carbocycles. The lowest BCUT2D eigenvalue weighted by atomic mass is 10.1. The number of amides is 1. The van der Waals surface area contributed by atoms with E-state index in [4.69, 9.17) is 5.11 Å². The molecule has 1 amide bonds. The number of carbonyl (C=O) groups excluding carboxylic acids is 1. The first-order chi connectivity index (χ1) is 12.5. The number of fused-ring (bicyclic) bond motifs is 1. The van der Waals surface area contributed by atoms with E-state index in [0.717, 1.165) is 24.8 Å². The van der Waals surface area contributed by atoms with Crippen LogP contribution in [0.5, 0.6) is 0 Å². The number of benzene rings is 1. The average molecular weight is 359 g/mol. The fourth-order valence-corrected chi connectivity index (χ4v) is 2.79. The first-order valence-corrected chi connectivity index (χ1v) is 8.92. The molecule has 0 atom stereocenters. The van der Waals surface area contributed by atoms with Crippen molar-refractivity contribution >= 4 is 22.8 Å². The number of nitrogens with one attached hydrogen (secondary N) is 1. The van der Waals surface area contributed by atoms with E-state index in [1.165, 1.54) is 10.9 Å². The van der Waals surface area contributed by atoms with Crippen LogP contribution in [0.2, 0.25) is 0 Å². The fraction of sp³-hybridized carbons (Fsp3) is 0.474. The second-order valence-corrected chi connectivity index (χ2v) is 6.37. The summed E-state index contributed by atoms with van der Waals surface area (Å²) in [6.45, 7) is 2.77. The van der Waals surface area contributed by atoms with Crippen LogP contribution in [-0.2, 0) is 16.1 Å². The maximum atomic E-state index is 12.5. The van der Waals surface area contributed by atoms with Gasteiger partial charge >= 0.3 is 5.97 Å². The third-order valence-corrected chi connectivity index (χ3v) is 4.27. The minimum Gasteiger partial charge on any atom is -0.481 e. The molecule has 1 aromatic carbocycles. The summed E-state index contributed by atoms with van der Waals surface area (Å²) in [7, 11) is 0. The zero-order valence-electron chi connectivity index (χ0n) is 15.0. The Morgan fingerprint density at radius 3 is 2.69 bits per heavy atom. The third-order valence-electron chi connectivity index (χ3n) is 4.27. The summed E-state index contributed by atoms with van der Waals surface area (Å²) in [5.41, 5.74) is 1.51. The van der Waals surface area contributed by atoms with Gasteiger partial charge in [-0.3, -0.25) is 19.0 Å². The Morgan fingerprint density at radius 2 is 1.92 bits per heavy atom. The van der Waals surface area contributed by atoms with Gasteiger partial charge in [0, 0.05) is 25.9 Å². The first kappa shape index (κ1) is 19.6. The van der Waals surface area contributed by atoms with Gasteiger partial charge in [-0.15, -0.1) is 0 Å². The van der Waals surface area contributed by atoms with E-state index in [1.54, 1.807) is 6.07 Å². The monoisotopic (exact) mass is 359 g/mol. The molecule has 0 bridgehead atoms. The number of aromatic nitrogens is 2. The van der Waals surface area contributed by atoms with Gasteiger partial charge < -0.3 is 10.4 Å². The minimum atomic E-state index is -0.771. The summed E-state index contributed by atoms with van der Waals surface area (Å²) in [4.78, 5) is 39.1. The van der Waals surface area contributed by atoms with Crippen LogP contribution in [-0.4, -0.2) is 33.1 Å². The molecule has 7 nitrogen and oxygen atoms in total. The normalized spacial score (nSPS) is 10.8. The van der Waals surface area contributed by atoms with Crippen LogP contribution in [0.4, 0.5) is 0 Å². The van der Waals surface area contributed by atoms with E-state index in [-0.39, 0.29) is 24.3 Å². The van der Waals surface area contributed by atoms with Crippen LogP contribution in [0, 0.1) is 6.92 Å². The van der Waals surface area contributed by atoms with Crippen molar-refractivity contribution in [1.29, 1.82) is 0 Å². The molecular formula is C19H25N3O4. The van der Waals surface area contributed by atoms with Crippen molar-refractivity contribution in [3.8, 4) is 0 Å². The molecule has 2 rings (SSSR count). The first-order valence-electron chi connectivity index (χ1n) is 8.92. The summed E-state index contributed by atoms with van der Waals surface area (Å²) in [6.07, 6.45) is 5.13. The number of hydrogen-bond donors (Lipinski definition) is 2. The van der Waals surface area contributed by atoms with Crippen molar-refractivity contribution in [2.75, 3.05) is 6.54 Å². The molecule has 2 aromatic rings. The van der Waals surface area contributed by atoms with Gasteiger partial charge in [-0.1, -0.05) is 25.0 Å². The molecule has 7 heteroatoms. The van der Waals surface area contributed by atoms with Crippen LogP contribution >= 0.6 is 0 Å². The van der Waals surface area contributed by atoms with Crippen LogP contribution in [0.3, 0.4) is 0 Å². The van der Waals surface area contributed by atoms with E-state index in [2.05, 4.69) is 10.3 Å². The van der Waals surface area contributed by atoms with Crippen LogP contribution in [0.15, 0.2) is 29.3 Å². The van der Waals surface area contributed by atoms with Gasteiger partial charge in [-0.25, -0.2) is 4.98 Å². The van der Waals surface area contributed by atoms with Gasteiger partial charge in [0.15, 0.2) is 0 Å². The van der Waals surface area contributed by atoms with E-state index in [0.29, 0.717) is 30.4 Å². The van der Waals surface area contributed by atoms with Crippen molar-refractivity contribution in [3.63, 3.8) is 0 Å². The van der Waals surface area contributed by atoms with Crippen molar-refractivity contribution in [2.45, 2.75) is 52.0 Å². The van der Waals surface area contributed by atoms with Gasteiger partial charge in [0.2, 0.25) is 5.91 Å². The lowest BCUT2D eigenvalue weighted by Crippen LogP contribution is -2.28. The number of carbonyl (C=O) groups is 2. The topological polar surface area (TPSA) is 101 Å². The largest absolute Gasteiger partial charge is 0.481 e. The second kappa shape index (κ2) is 9.70. The standard InChI is InChI=1S/C19H25N3O4/c1-14-7-6-8-15-18(14)21-13-22(19(15)26)12-10-16(23)20-11-5-3-2-4-9-17(24)25/h6-8,13H,2-5,9-12H2,1H3,(H,20,23)(H,24,25). The Kier molecular flexibility index (Phi) is 7.32. The molecule has 0 saturated heterocycles. The Balaban J connectivity index is 1.74. The second-order valence-electron chi connectivity index (χ2n) is 6.37. The van der Waals surface area contributed by atoms with Crippen LogP contribution in [0.1, 0.15) is 44.1 Å². The molecule has 140 valence electrons. The van der Waals surface area contributed by atoms with Gasteiger partial charge in [-0.2, -0.15) is 0 Å². The Morgan fingerprint density at radius 1 is 1.15 bits per heavy atom. The van der Waals surface area contributed by atoms with Crippen molar-refractivity contribution < 1.29 is 14.7 Å². The highest BCUT2D eigenvalue weighted by Crippen LogP contribution is 2.11. The molecule has 2 N–H and O–H groups in total. The van der Waals surface area contributed by atoms with E-state index >= 15 is 0 Å². The molecule has 0 spiro atoms. The number of para-hydroxylation sites is 1. The lowest BCUT2D eigenvalue weighted by molar-refractivity contribution is -0.137. The zero-order valence-corrected chi connectivity index (χ0v) is 15.0. The molecule has 0 radical (unpaired) electrons. The predicted molar refractivity (Wildman–Crippen MR) is 99.1 cm³/mol. The summed E-state index contributed by atoms with van der Waals surface area (Å²) < 4.78 is 1.47. The highest BCUT2D eigenvalue weighted by atomic mass is 16.4. The number of hydrogen-bond acceptors (Lipinski definition) is 4. The van der Waals surface area contributed by atoms with E-state index in [1.807, 2.05) is 19.1 Å². The number of carboxylic acid groups (broad SMARTS) is 1. The highest BCUT2D eigenvalue weighted by Gasteiger charge is 2.07. The highest BCUT2D eigenvalue weighted by molar-refractivity contribution is 5.80. The Bertz CT molecular complexity index is 829. The number of unbranched alkanes of at least 4 members (excludes halogenated alkanes) is 3. The van der Waals surface area contributed by atoms with Crippen molar-refractivity contribution in [3.05, 3.63) is 40.4 Å². The molecule has 0 fully saturated rings. The van der Waals surface area contributed by atoms with Gasteiger partial charge in [0.1, 0.15) is 0 Å². The maximum Gasteiger partial charge on any atom is 0.303 e. The van der Waals surface area contributed by atoms with E-state index < -0.39 is 5.97 Å². The molecule has 1 heterocycles. The molecule has 0 aliphatic heterocycles. The van der Waals surface area contributed by atoms with Gasteiger partial charge in [0.25, 0.3) is 5.56 Å². The van der Waals surface area contributed by atoms with Crippen molar-refractivity contribution in [2.24, 2.45) is 0 Å². The minimum absolute atomic E-state index is 0.105. The van der Waals surface area contributed by atoms with Crippen molar-refractivity contribution in [1.82, 2.24) is 14.9 Å². The number of rotatable bonds is 10. The van der Waals surface area contributed by atoms with Gasteiger partial charge in [-0.05, 0) is 31.4 Å². The Labute approximate surface area is 152 Å². The fourth-order valence-electron chi connectivity index (χ4n) is 2.79. The number of aryl methyl sites for hydroxylation is 2.